The molecular formula is C17H31NO2. The molecule has 0 saturated heterocycles. The number of hydrogen-bond donors (Lipinski definition) is 1. The van der Waals surface area contributed by atoms with Crippen LogP contribution in [0.15, 0.2) is 0 Å². The zero-order valence-corrected chi connectivity index (χ0v) is 12.9. The van der Waals surface area contributed by atoms with Crippen molar-refractivity contribution in [1.29, 1.82) is 0 Å². The Balaban J connectivity index is 1.68. The largest absolute Gasteiger partial charge is 0.446 e. The molecule has 3 nitrogen and oxygen atoms in total. The number of carbonyl (C=O) groups excluding carboxylic acids is 1. The Hall–Kier alpha value is -0.730. The van der Waals surface area contributed by atoms with Gasteiger partial charge in [-0.1, -0.05) is 44.9 Å². The Morgan fingerprint density at radius 3 is 1.65 bits per heavy atom. The van der Waals surface area contributed by atoms with Crippen molar-refractivity contribution in [2.45, 2.75) is 102 Å². The van der Waals surface area contributed by atoms with Crippen LogP contribution in [0, 0.1) is 0 Å². The third kappa shape index (κ3) is 6.15. The minimum Gasteiger partial charge on any atom is -0.446 e. The highest BCUT2D eigenvalue weighted by atomic mass is 16.6. The van der Waals surface area contributed by atoms with E-state index in [2.05, 4.69) is 5.32 Å². The maximum atomic E-state index is 11.9. The molecule has 116 valence electrons. The Morgan fingerprint density at radius 2 is 1.20 bits per heavy atom. The van der Waals surface area contributed by atoms with Crippen LogP contribution in [0.1, 0.15) is 89.9 Å². The summed E-state index contributed by atoms with van der Waals surface area (Å²) < 4.78 is 5.65. The van der Waals surface area contributed by atoms with Crippen molar-refractivity contribution in [1.82, 2.24) is 5.32 Å². The average Bonchev–Trinajstić information content (AvgIpc) is 2.37. The van der Waals surface area contributed by atoms with Gasteiger partial charge in [0.1, 0.15) is 6.10 Å². The van der Waals surface area contributed by atoms with Crippen molar-refractivity contribution in [3.8, 4) is 0 Å². The summed E-state index contributed by atoms with van der Waals surface area (Å²) in [7, 11) is 0. The zero-order chi connectivity index (χ0) is 14.0. The number of ether oxygens (including phenoxy) is 1. The van der Waals surface area contributed by atoms with Crippen molar-refractivity contribution in [3.63, 3.8) is 0 Å². The predicted octanol–water partition coefficient (Wildman–Crippen LogP) is 4.94. The maximum absolute atomic E-state index is 11.9. The summed E-state index contributed by atoms with van der Waals surface area (Å²) in [4.78, 5) is 11.9. The molecule has 0 radical (unpaired) electrons. The van der Waals surface area contributed by atoms with Crippen molar-refractivity contribution >= 4 is 6.09 Å². The lowest BCUT2D eigenvalue weighted by Gasteiger charge is -2.27. The van der Waals surface area contributed by atoms with Crippen LogP contribution >= 0.6 is 0 Å². The van der Waals surface area contributed by atoms with Gasteiger partial charge in [-0.3, -0.25) is 0 Å². The van der Waals surface area contributed by atoms with Gasteiger partial charge in [0.2, 0.25) is 0 Å². The molecule has 1 amide bonds. The van der Waals surface area contributed by atoms with Crippen molar-refractivity contribution < 1.29 is 9.53 Å². The summed E-state index contributed by atoms with van der Waals surface area (Å²) in [5.41, 5.74) is 0. The molecule has 2 aliphatic carbocycles. The van der Waals surface area contributed by atoms with E-state index in [1.54, 1.807) is 0 Å². The molecule has 0 heterocycles. The topological polar surface area (TPSA) is 38.3 Å². The molecule has 0 aromatic rings. The van der Waals surface area contributed by atoms with Crippen LogP contribution < -0.4 is 5.32 Å². The lowest BCUT2D eigenvalue weighted by Crippen LogP contribution is -2.41. The fourth-order valence-corrected chi connectivity index (χ4v) is 3.15. The van der Waals surface area contributed by atoms with Crippen molar-refractivity contribution in [3.05, 3.63) is 0 Å². The first kappa shape index (κ1) is 15.7. The van der Waals surface area contributed by atoms with E-state index in [-0.39, 0.29) is 12.2 Å². The second-order valence-corrected chi connectivity index (χ2v) is 6.56. The van der Waals surface area contributed by atoms with Gasteiger partial charge in [-0.15, -0.1) is 0 Å². The Kier molecular flexibility index (Phi) is 7.24. The van der Waals surface area contributed by atoms with Gasteiger partial charge < -0.3 is 10.1 Å². The van der Waals surface area contributed by atoms with Gasteiger partial charge in [0, 0.05) is 6.04 Å². The normalized spacial score (nSPS) is 24.0. The van der Waals surface area contributed by atoms with E-state index < -0.39 is 0 Å². The van der Waals surface area contributed by atoms with E-state index in [1.165, 1.54) is 64.2 Å². The van der Waals surface area contributed by atoms with Gasteiger partial charge in [-0.05, 0) is 44.9 Å². The second kappa shape index (κ2) is 9.25. The monoisotopic (exact) mass is 281 g/mol. The van der Waals surface area contributed by atoms with E-state index in [9.17, 15) is 4.79 Å². The van der Waals surface area contributed by atoms with Gasteiger partial charge >= 0.3 is 6.09 Å². The molecule has 1 N–H and O–H groups in total. The molecule has 0 bridgehead atoms. The molecule has 20 heavy (non-hydrogen) atoms. The van der Waals surface area contributed by atoms with E-state index >= 15 is 0 Å². The van der Waals surface area contributed by atoms with E-state index in [0.29, 0.717) is 6.04 Å². The van der Waals surface area contributed by atoms with Crippen LogP contribution in [0.4, 0.5) is 4.79 Å². The van der Waals surface area contributed by atoms with Gasteiger partial charge in [0.25, 0.3) is 0 Å². The van der Waals surface area contributed by atoms with Crippen molar-refractivity contribution in [2.24, 2.45) is 0 Å². The van der Waals surface area contributed by atoms with Crippen LogP contribution in [0.2, 0.25) is 0 Å². The van der Waals surface area contributed by atoms with Crippen LogP contribution in [0.5, 0.6) is 0 Å². The molecule has 0 unspecified atom stereocenters. The number of hydrogen-bond acceptors (Lipinski definition) is 2. The highest BCUT2D eigenvalue weighted by Gasteiger charge is 2.22. The quantitative estimate of drug-likeness (QED) is 0.778. The average molecular weight is 281 g/mol. The molecule has 0 atom stereocenters. The van der Waals surface area contributed by atoms with Crippen LogP contribution in [-0.4, -0.2) is 18.2 Å². The fraction of sp³-hybridized carbons (Fsp3) is 0.941. The Labute approximate surface area is 123 Å². The second-order valence-electron chi connectivity index (χ2n) is 6.56. The number of nitrogens with one attached hydrogen (secondary N) is 1. The van der Waals surface area contributed by atoms with Gasteiger partial charge in [-0.25, -0.2) is 4.79 Å². The first-order chi connectivity index (χ1) is 9.84. The van der Waals surface area contributed by atoms with Crippen LogP contribution in [-0.2, 0) is 4.74 Å². The molecule has 2 aliphatic rings. The molecule has 0 spiro atoms. The molecule has 2 fully saturated rings. The number of alkyl carbamates (subject to hydrolysis) is 1. The van der Waals surface area contributed by atoms with Crippen molar-refractivity contribution in [2.75, 3.05) is 0 Å². The molecule has 0 aromatic heterocycles. The van der Waals surface area contributed by atoms with Crippen LogP contribution in [0.3, 0.4) is 0 Å². The Morgan fingerprint density at radius 1 is 0.700 bits per heavy atom. The summed E-state index contributed by atoms with van der Waals surface area (Å²) in [6.45, 7) is 0. The number of amides is 1. The standard InChI is InChI=1S/C17H31NO2/c19-17(18-15-11-10-12-15)20-16-13-8-6-4-2-1-3-5-7-9-14-16/h15-16H,1-14H2,(H,18,19). The highest BCUT2D eigenvalue weighted by Crippen LogP contribution is 2.20. The van der Waals surface area contributed by atoms with Gasteiger partial charge in [0.15, 0.2) is 0 Å². The molecule has 0 aliphatic heterocycles. The highest BCUT2D eigenvalue weighted by molar-refractivity contribution is 5.67. The molecule has 0 aromatic carbocycles. The van der Waals surface area contributed by atoms with Gasteiger partial charge in [0.05, 0.1) is 0 Å². The number of carbonyl (C=O) groups is 1. The maximum Gasteiger partial charge on any atom is 0.407 e. The molecule has 2 rings (SSSR count). The lowest BCUT2D eigenvalue weighted by molar-refractivity contribution is 0.0781. The molecular weight excluding hydrogens is 250 g/mol. The minimum atomic E-state index is -0.174. The fourth-order valence-electron chi connectivity index (χ4n) is 3.15. The van der Waals surface area contributed by atoms with Crippen LogP contribution in [0.25, 0.3) is 0 Å². The predicted molar refractivity (Wildman–Crippen MR) is 81.8 cm³/mol. The third-order valence-corrected chi connectivity index (χ3v) is 4.75. The smallest absolute Gasteiger partial charge is 0.407 e. The molecule has 2 saturated carbocycles. The molecule has 3 heteroatoms. The van der Waals surface area contributed by atoms with E-state index in [1.807, 2.05) is 0 Å². The SMILES string of the molecule is O=C(NC1CCC1)OC1CCCCCCCCCCC1. The minimum absolute atomic E-state index is 0.148. The Bertz CT molecular complexity index is 264. The van der Waals surface area contributed by atoms with Gasteiger partial charge in [-0.2, -0.15) is 0 Å². The summed E-state index contributed by atoms with van der Waals surface area (Å²) >= 11 is 0. The van der Waals surface area contributed by atoms with E-state index in [0.717, 1.165) is 25.7 Å². The summed E-state index contributed by atoms with van der Waals surface area (Å²) in [5.74, 6) is 0. The summed E-state index contributed by atoms with van der Waals surface area (Å²) in [6.07, 6.45) is 17.5. The van der Waals surface area contributed by atoms with E-state index in [4.69, 9.17) is 4.74 Å². The summed E-state index contributed by atoms with van der Waals surface area (Å²) in [6, 6.07) is 0.383. The lowest BCUT2D eigenvalue weighted by atomic mass is 9.93. The zero-order valence-electron chi connectivity index (χ0n) is 12.9. The summed E-state index contributed by atoms with van der Waals surface area (Å²) in [5, 5.41) is 2.99. The third-order valence-electron chi connectivity index (χ3n) is 4.75. The first-order valence-electron chi connectivity index (χ1n) is 8.82. The number of rotatable bonds is 2. The first-order valence-corrected chi connectivity index (χ1v) is 8.82.